The molecule has 3 nitrogen and oxygen atoms in total. The van der Waals surface area contributed by atoms with E-state index in [2.05, 4.69) is 0 Å². The minimum Gasteiger partial charge on any atom is -0.481 e. The van der Waals surface area contributed by atoms with Gasteiger partial charge in [0.15, 0.2) is 0 Å². The van der Waals surface area contributed by atoms with E-state index in [0.29, 0.717) is 12.2 Å². The molecule has 0 spiro atoms. The van der Waals surface area contributed by atoms with E-state index < -0.39 is 17.7 Å². The normalized spacial score (nSPS) is 29.8. The van der Waals surface area contributed by atoms with Crippen LogP contribution in [0.4, 0.5) is 13.2 Å². The van der Waals surface area contributed by atoms with Crippen LogP contribution in [0.1, 0.15) is 24.8 Å². The van der Waals surface area contributed by atoms with Gasteiger partial charge in [-0.05, 0) is 67.4 Å². The lowest BCUT2D eigenvalue weighted by Gasteiger charge is -2.27. The number of hydrogen-bond acceptors (Lipinski definition) is 2. The summed E-state index contributed by atoms with van der Waals surface area (Å²) in [5.74, 6) is 0.448. The number of ether oxygens (including phenoxy) is 1. The number of alkyl halides is 3. The van der Waals surface area contributed by atoms with Gasteiger partial charge in [-0.1, -0.05) is 17.2 Å². The highest BCUT2D eigenvalue weighted by atomic mass is 35.5. The second-order valence-corrected chi connectivity index (χ2v) is 7.46. The summed E-state index contributed by atoms with van der Waals surface area (Å²) in [6, 6.07) is 3.01. The molecule has 1 aromatic rings. The predicted molar refractivity (Wildman–Crippen MR) is 88.7 cm³/mol. The van der Waals surface area contributed by atoms with Crippen molar-refractivity contribution in [1.29, 1.82) is 0 Å². The highest BCUT2D eigenvalue weighted by molar-refractivity contribution is 6.32. The number of carboxylic acid groups (broad SMARTS) is 1. The Bertz CT molecular complexity index is 828. The van der Waals surface area contributed by atoms with Crippen molar-refractivity contribution in [2.24, 2.45) is 23.7 Å². The molecular weight excluding hydrogens is 369 g/mol. The second-order valence-electron chi connectivity index (χ2n) is 7.06. The van der Waals surface area contributed by atoms with E-state index in [4.69, 9.17) is 16.3 Å². The molecule has 0 radical (unpaired) electrons. The average Bonchev–Trinajstić information content (AvgIpc) is 3.30. The van der Waals surface area contributed by atoms with E-state index in [1.807, 2.05) is 12.2 Å². The lowest BCUT2D eigenvalue weighted by atomic mass is 9.79. The number of carboxylic acids is 1. The van der Waals surface area contributed by atoms with E-state index in [1.54, 1.807) is 0 Å². The molecule has 1 unspecified atom stereocenters. The van der Waals surface area contributed by atoms with Crippen molar-refractivity contribution in [3.63, 3.8) is 0 Å². The van der Waals surface area contributed by atoms with Gasteiger partial charge in [-0.15, -0.1) is 0 Å². The number of aliphatic carboxylic acids is 1. The molecule has 0 saturated heterocycles. The fraction of sp³-hybridized carbons (Fsp3) is 0.421. The Morgan fingerprint density at radius 1 is 1.31 bits per heavy atom. The van der Waals surface area contributed by atoms with Gasteiger partial charge in [0.05, 0.1) is 16.5 Å². The first-order chi connectivity index (χ1) is 12.3. The molecular formula is C19H16ClF3O3. The summed E-state index contributed by atoms with van der Waals surface area (Å²) in [6.45, 7) is 0. The molecule has 0 bridgehead atoms. The van der Waals surface area contributed by atoms with Crippen molar-refractivity contribution in [2.45, 2.75) is 25.4 Å². The van der Waals surface area contributed by atoms with Crippen LogP contribution in [-0.4, -0.2) is 11.1 Å². The highest BCUT2D eigenvalue weighted by Gasteiger charge is 2.60. The van der Waals surface area contributed by atoms with Gasteiger partial charge < -0.3 is 9.84 Å². The summed E-state index contributed by atoms with van der Waals surface area (Å²) in [7, 11) is 0. The van der Waals surface area contributed by atoms with Gasteiger partial charge in [-0.2, -0.15) is 13.2 Å². The van der Waals surface area contributed by atoms with E-state index in [1.165, 1.54) is 6.07 Å². The van der Waals surface area contributed by atoms with Crippen LogP contribution in [-0.2, 0) is 11.0 Å². The van der Waals surface area contributed by atoms with Crippen molar-refractivity contribution >= 4 is 17.6 Å². The number of fused-ring (bicyclic) bond motifs is 3. The van der Waals surface area contributed by atoms with E-state index in [9.17, 15) is 23.1 Å². The van der Waals surface area contributed by atoms with Crippen LogP contribution in [0.2, 0.25) is 5.02 Å². The Hall–Kier alpha value is -1.95. The van der Waals surface area contributed by atoms with Crippen molar-refractivity contribution in [3.8, 4) is 5.75 Å². The van der Waals surface area contributed by atoms with Gasteiger partial charge in [0, 0.05) is 0 Å². The topological polar surface area (TPSA) is 46.5 Å². The van der Waals surface area contributed by atoms with E-state index >= 15 is 0 Å². The monoisotopic (exact) mass is 384 g/mol. The molecule has 0 aliphatic heterocycles. The van der Waals surface area contributed by atoms with Crippen LogP contribution in [0, 0.1) is 23.7 Å². The number of hydrogen-bond donors (Lipinski definition) is 1. The van der Waals surface area contributed by atoms with Gasteiger partial charge in [0.25, 0.3) is 0 Å². The first-order valence-corrected chi connectivity index (χ1v) is 8.81. The summed E-state index contributed by atoms with van der Waals surface area (Å²) in [5.41, 5.74) is 0.341. The molecule has 7 heteroatoms. The van der Waals surface area contributed by atoms with E-state index in [0.717, 1.165) is 30.5 Å². The largest absolute Gasteiger partial charge is 0.481 e. The predicted octanol–water partition coefficient (Wildman–Crippen LogP) is 5.31. The van der Waals surface area contributed by atoms with Gasteiger partial charge in [0.2, 0.25) is 0 Å². The highest BCUT2D eigenvalue weighted by Crippen LogP contribution is 2.61. The molecule has 26 heavy (non-hydrogen) atoms. The molecule has 4 atom stereocenters. The maximum Gasteiger partial charge on any atom is 0.416 e. The third-order valence-electron chi connectivity index (χ3n) is 5.61. The molecule has 2 fully saturated rings. The van der Waals surface area contributed by atoms with Crippen LogP contribution >= 0.6 is 11.6 Å². The summed E-state index contributed by atoms with van der Waals surface area (Å²) in [6.07, 6.45) is 1.67. The number of carbonyl (C=O) groups is 1. The Morgan fingerprint density at radius 2 is 2.08 bits per heavy atom. The standard InChI is InChI=1S/C19H16ClF3O3/c20-14-8-10(19(21,22)23)2-6-15(14)26-11-3-5-12-9(7-11)1-4-13-16(12)17(13)18(24)25/h2-3,6-8,12-13,16-17H,1,4-5H2,(H,24,25)/t12?,13-,16-,17+/m1/s1. The first-order valence-electron chi connectivity index (χ1n) is 8.43. The van der Waals surface area contributed by atoms with Crippen LogP contribution in [0.15, 0.2) is 41.7 Å². The molecule has 4 rings (SSSR count). The molecule has 1 N–H and O–H groups in total. The fourth-order valence-corrected chi connectivity index (χ4v) is 4.58. The Balaban J connectivity index is 1.49. The zero-order valence-electron chi connectivity index (χ0n) is 13.6. The van der Waals surface area contributed by atoms with Crippen LogP contribution in [0.3, 0.4) is 0 Å². The van der Waals surface area contributed by atoms with Crippen LogP contribution < -0.4 is 4.74 Å². The third-order valence-corrected chi connectivity index (χ3v) is 5.90. The van der Waals surface area contributed by atoms with Crippen molar-refractivity contribution in [3.05, 3.63) is 52.3 Å². The zero-order chi connectivity index (χ0) is 18.6. The average molecular weight is 385 g/mol. The van der Waals surface area contributed by atoms with Crippen molar-refractivity contribution < 1.29 is 27.8 Å². The number of benzene rings is 1. The number of allylic oxidation sites excluding steroid dienone is 3. The quantitative estimate of drug-likeness (QED) is 0.768. The van der Waals surface area contributed by atoms with Crippen LogP contribution in [0.5, 0.6) is 5.75 Å². The summed E-state index contributed by atoms with van der Waals surface area (Å²) < 4.78 is 43.8. The minimum absolute atomic E-state index is 0.0990. The second kappa shape index (κ2) is 6.05. The van der Waals surface area contributed by atoms with Crippen molar-refractivity contribution in [2.75, 3.05) is 0 Å². The molecule has 0 heterocycles. The zero-order valence-corrected chi connectivity index (χ0v) is 14.3. The van der Waals surface area contributed by atoms with Gasteiger partial charge in [-0.3, -0.25) is 4.79 Å². The lowest BCUT2D eigenvalue weighted by molar-refractivity contribution is -0.139. The smallest absolute Gasteiger partial charge is 0.416 e. The number of halogens is 4. The summed E-state index contributed by atoms with van der Waals surface area (Å²) in [5, 5.41) is 9.18. The molecule has 138 valence electrons. The Morgan fingerprint density at radius 3 is 2.73 bits per heavy atom. The number of rotatable bonds is 3. The maximum absolute atomic E-state index is 12.7. The third kappa shape index (κ3) is 3.00. The molecule has 3 aliphatic carbocycles. The fourth-order valence-electron chi connectivity index (χ4n) is 4.37. The molecule has 2 saturated carbocycles. The Labute approximate surface area is 153 Å². The minimum atomic E-state index is -4.45. The maximum atomic E-state index is 12.7. The first kappa shape index (κ1) is 17.5. The molecule has 3 aliphatic rings. The molecule has 0 amide bonds. The molecule has 1 aromatic carbocycles. The lowest BCUT2D eigenvalue weighted by Crippen LogP contribution is -2.17. The SMILES string of the molecule is O=C(O)[C@H]1[C@@H]2CCC3=CC(Oc4ccc(C(F)(F)F)cc4Cl)=CCC3[C@H]21. The summed E-state index contributed by atoms with van der Waals surface area (Å²) >= 11 is 5.94. The van der Waals surface area contributed by atoms with Crippen LogP contribution in [0.25, 0.3) is 0 Å². The molecule has 0 aromatic heterocycles. The van der Waals surface area contributed by atoms with E-state index in [-0.39, 0.29) is 34.4 Å². The Kier molecular flexibility index (Phi) is 4.06. The van der Waals surface area contributed by atoms with Gasteiger partial charge >= 0.3 is 12.1 Å². The van der Waals surface area contributed by atoms with Gasteiger partial charge in [-0.25, -0.2) is 0 Å². The van der Waals surface area contributed by atoms with Crippen molar-refractivity contribution in [1.82, 2.24) is 0 Å². The summed E-state index contributed by atoms with van der Waals surface area (Å²) in [4.78, 5) is 11.3. The van der Waals surface area contributed by atoms with Gasteiger partial charge in [0.1, 0.15) is 11.5 Å².